The first-order chi connectivity index (χ1) is 11.8. The minimum absolute atomic E-state index is 0.0291. The second-order valence-corrected chi connectivity index (χ2v) is 6.57. The van der Waals surface area contributed by atoms with Gasteiger partial charge >= 0.3 is 5.97 Å². The molecular formula is C17H17ClFN3O3. The van der Waals surface area contributed by atoms with Crippen LogP contribution in [0.3, 0.4) is 0 Å². The molecule has 1 aromatic heterocycles. The third-order valence-corrected chi connectivity index (χ3v) is 5.12. The highest BCUT2D eigenvalue weighted by molar-refractivity contribution is 6.34. The molecular weight excluding hydrogens is 349 g/mol. The molecule has 2 heterocycles. The van der Waals surface area contributed by atoms with Gasteiger partial charge in [0.05, 0.1) is 16.6 Å². The van der Waals surface area contributed by atoms with E-state index in [2.05, 4.69) is 5.10 Å². The molecule has 1 fully saturated rings. The summed E-state index contributed by atoms with van der Waals surface area (Å²) in [4.78, 5) is 25.8. The summed E-state index contributed by atoms with van der Waals surface area (Å²) in [5, 5.41) is 13.9. The van der Waals surface area contributed by atoms with E-state index in [0.717, 1.165) is 0 Å². The van der Waals surface area contributed by atoms with Gasteiger partial charge in [0.1, 0.15) is 5.82 Å². The first-order valence-corrected chi connectivity index (χ1v) is 8.14. The zero-order valence-corrected chi connectivity index (χ0v) is 14.5. The molecule has 1 aromatic carbocycles. The minimum atomic E-state index is -1.02. The summed E-state index contributed by atoms with van der Waals surface area (Å²) in [6, 6.07) is 5.82. The van der Waals surface area contributed by atoms with Gasteiger partial charge in [-0.15, -0.1) is 0 Å². The molecule has 6 nitrogen and oxygen atoms in total. The normalized spacial score (nSPS) is 20.1. The first-order valence-electron chi connectivity index (χ1n) is 7.76. The maximum atomic E-state index is 13.5. The molecule has 132 valence electrons. The van der Waals surface area contributed by atoms with Crippen molar-refractivity contribution in [3.8, 4) is 0 Å². The summed E-state index contributed by atoms with van der Waals surface area (Å²) >= 11 is 6.16. The lowest BCUT2D eigenvalue weighted by atomic mass is 9.89. The highest BCUT2D eigenvalue weighted by atomic mass is 35.5. The van der Waals surface area contributed by atoms with Crippen LogP contribution in [-0.4, -0.2) is 44.8 Å². The number of nitrogens with zero attached hydrogens (tertiary/aromatic N) is 3. The molecule has 1 N–H and O–H groups in total. The van der Waals surface area contributed by atoms with E-state index < -0.39 is 29.5 Å². The van der Waals surface area contributed by atoms with Gasteiger partial charge in [-0.2, -0.15) is 5.10 Å². The molecule has 0 bridgehead atoms. The van der Waals surface area contributed by atoms with E-state index in [9.17, 15) is 19.1 Å². The third kappa shape index (κ3) is 3.11. The van der Waals surface area contributed by atoms with E-state index in [4.69, 9.17) is 11.6 Å². The largest absolute Gasteiger partial charge is 0.481 e. The van der Waals surface area contributed by atoms with Gasteiger partial charge in [0.15, 0.2) is 5.69 Å². The summed E-state index contributed by atoms with van der Waals surface area (Å²) in [6.45, 7) is 1.94. The van der Waals surface area contributed by atoms with Gasteiger partial charge in [0, 0.05) is 26.1 Å². The molecule has 0 spiro atoms. The van der Waals surface area contributed by atoms with Gasteiger partial charge in [-0.25, -0.2) is 4.39 Å². The van der Waals surface area contributed by atoms with Crippen LogP contribution in [0.15, 0.2) is 24.3 Å². The summed E-state index contributed by atoms with van der Waals surface area (Å²) in [5.41, 5.74) is 1.32. The Bertz CT molecular complexity index is 852. The van der Waals surface area contributed by atoms with Crippen LogP contribution in [0.2, 0.25) is 5.02 Å². The molecule has 2 atom stereocenters. The standard InChI is InChI=1S/C17H17ClFN3O3/c1-9-14(18)15(20-21(9)2)16(23)22-7-12(13(8-22)17(24)25)10-4-3-5-11(19)6-10/h3-6,12-13H,7-8H2,1-2H3,(H,24,25)/t12-,13+/m1/s1. The van der Waals surface area contributed by atoms with Crippen molar-refractivity contribution in [3.63, 3.8) is 0 Å². The third-order valence-electron chi connectivity index (χ3n) is 4.66. The number of carbonyl (C=O) groups is 2. The Kier molecular flexibility index (Phi) is 4.51. The fourth-order valence-corrected chi connectivity index (χ4v) is 3.40. The Morgan fingerprint density at radius 2 is 2.08 bits per heavy atom. The van der Waals surface area contributed by atoms with Crippen LogP contribution in [-0.2, 0) is 11.8 Å². The molecule has 0 aliphatic carbocycles. The smallest absolute Gasteiger partial charge is 0.308 e. The lowest BCUT2D eigenvalue weighted by Crippen LogP contribution is -2.30. The average Bonchev–Trinajstić information content (AvgIpc) is 3.12. The number of carbonyl (C=O) groups excluding carboxylic acids is 1. The maximum Gasteiger partial charge on any atom is 0.308 e. The van der Waals surface area contributed by atoms with Crippen molar-refractivity contribution in [1.29, 1.82) is 0 Å². The van der Waals surface area contributed by atoms with Crippen molar-refractivity contribution < 1.29 is 19.1 Å². The summed E-state index contributed by atoms with van der Waals surface area (Å²) in [5.74, 6) is -3.17. The van der Waals surface area contributed by atoms with Crippen LogP contribution in [0.5, 0.6) is 0 Å². The molecule has 1 amide bonds. The number of carboxylic acids is 1. The summed E-state index contributed by atoms with van der Waals surface area (Å²) < 4.78 is 15.0. The summed E-state index contributed by atoms with van der Waals surface area (Å²) in [7, 11) is 1.68. The highest BCUT2D eigenvalue weighted by Crippen LogP contribution is 2.34. The van der Waals surface area contributed by atoms with E-state index in [1.54, 1.807) is 20.0 Å². The Balaban J connectivity index is 1.90. The van der Waals surface area contributed by atoms with Crippen LogP contribution >= 0.6 is 11.6 Å². The lowest BCUT2D eigenvalue weighted by Gasteiger charge is -2.15. The van der Waals surface area contributed by atoms with E-state index in [0.29, 0.717) is 11.3 Å². The number of amides is 1. The Hall–Kier alpha value is -2.41. The molecule has 2 aromatic rings. The second kappa shape index (κ2) is 6.48. The van der Waals surface area contributed by atoms with Gasteiger partial charge in [-0.3, -0.25) is 14.3 Å². The average molecular weight is 366 g/mol. The Morgan fingerprint density at radius 1 is 1.36 bits per heavy atom. The number of hydrogen-bond donors (Lipinski definition) is 1. The van der Waals surface area contributed by atoms with Crippen molar-refractivity contribution in [1.82, 2.24) is 14.7 Å². The van der Waals surface area contributed by atoms with Crippen LogP contribution in [0, 0.1) is 18.7 Å². The van der Waals surface area contributed by atoms with Crippen LogP contribution in [0.4, 0.5) is 4.39 Å². The molecule has 1 aliphatic heterocycles. The highest BCUT2D eigenvalue weighted by Gasteiger charge is 2.41. The number of aromatic nitrogens is 2. The predicted octanol–water partition coefficient (Wildman–Crippen LogP) is 2.46. The Labute approximate surface area is 148 Å². The zero-order valence-electron chi connectivity index (χ0n) is 13.7. The molecule has 8 heteroatoms. The van der Waals surface area contributed by atoms with Gasteiger partial charge in [0.2, 0.25) is 0 Å². The van der Waals surface area contributed by atoms with Crippen molar-refractivity contribution in [2.75, 3.05) is 13.1 Å². The first kappa shape index (κ1) is 17.4. The van der Waals surface area contributed by atoms with Gasteiger partial charge in [-0.05, 0) is 24.6 Å². The summed E-state index contributed by atoms with van der Waals surface area (Å²) in [6.07, 6.45) is 0. The quantitative estimate of drug-likeness (QED) is 0.906. The number of aryl methyl sites for hydroxylation is 1. The van der Waals surface area contributed by atoms with Gasteiger partial charge < -0.3 is 10.0 Å². The monoisotopic (exact) mass is 365 g/mol. The number of carboxylic acid groups (broad SMARTS) is 1. The number of aliphatic carboxylic acids is 1. The predicted molar refractivity (Wildman–Crippen MR) is 89.1 cm³/mol. The fraction of sp³-hybridized carbons (Fsp3) is 0.353. The fourth-order valence-electron chi connectivity index (χ4n) is 3.16. The molecule has 0 saturated carbocycles. The number of benzene rings is 1. The van der Waals surface area contributed by atoms with Gasteiger partial charge in [-0.1, -0.05) is 23.7 Å². The van der Waals surface area contributed by atoms with E-state index in [-0.39, 0.29) is 23.8 Å². The molecule has 1 aliphatic rings. The molecule has 25 heavy (non-hydrogen) atoms. The van der Waals surface area contributed by atoms with Crippen molar-refractivity contribution in [2.24, 2.45) is 13.0 Å². The van der Waals surface area contributed by atoms with Crippen molar-refractivity contribution in [3.05, 3.63) is 52.1 Å². The number of likely N-dealkylation sites (tertiary alicyclic amines) is 1. The zero-order chi connectivity index (χ0) is 18.3. The van der Waals surface area contributed by atoms with Crippen molar-refractivity contribution in [2.45, 2.75) is 12.8 Å². The van der Waals surface area contributed by atoms with E-state index in [1.165, 1.54) is 27.8 Å². The van der Waals surface area contributed by atoms with Crippen LogP contribution in [0.25, 0.3) is 0 Å². The van der Waals surface area contributed by atoms with Gasteiger partial charge in [0.25, 0.3) is 5.91 Å². The minimum Gasteiger partial charge on any atom is -0.481 e. The van der Waals surface area contributed by atoms with Crippen LogP contribution < -0.4 is 0 Å². The number of rotatable bonds is 3. The maximum absolute atomic E-state index is 13.5. The molecule has 0 radical (unpaired) electrons. The molecule has 1 saturated heterocycles. The topological polar surface area (TPSA) is 75.4 Å². The number of halogens is 2. The van der Waals surface area contributed by atoms with E-state index >= 15 is 0 Å². The SMILES string of the molecule is Cc1c(Cl)c(C(=O)N2C[C@H](C(=O)O)[C@@H](c3cccc(F)c3)C2)nn1C. The van der Waals surface area contributed by atoms with Crippen molar-refractivity contribution >= 4 is 23.5 Å². The van der Waals surface area contributed by atoms with E-state index in [1.807, 2.05) is 0 Å². The number of hydrogen-bond acceptors (Lipinski definition) is 3. The molecule has 0 unspecified atom stereocenters. The molecule has 3 rings (SSSR count). The Morgan fingerprint density at radius 3 is 2.64 bits per heavy atom. The van der Waals surface area contributed by atoms with Crippen LogP contribution in [0.1, 0.15) is 27.7 Å². The second-order valence-electron chi connectivity index (χ2n) is 6.19. The lowest BCUT2D eigenvalue weighted by molar-refractivity contribution is -0.141.